The van der Waals surface area contributed by atoms with E-state index in [1.807, 2.05) is 0 Å². The second kappa shape index (κ2) is 3.24. The normalized spacial score (nSPS) is 36.7. The quantitative estimate of drug-likeness (QED) is 0.505. The van der Waals surface area contributed by atoms with Crippen molar-refractivity contribution in [1.29, 1.82) is 0 Å². The van der Waals surface area contributed by atoms with E-state index in [1.54, 1.807) is 0 Å². The summed E-state index contributed by atoms with van der Waals surface area (Å²) in [4.78, 5) is 0. The van der Waals surface area contributed by atoms with E-state index in [0.29, 0.717) is 0 Å². The molecule has 0 aromatic heterocycles. The van der Waals surface area contributed by atoms with Gasteiger partial charge < -0.3 is 0 Å². The van der Waals surface area contributed by atoms with Gasteiger partial charge in [-0.15, -0.1) is 0 Å². The third kappa shape index (κ3) is 2.00. The molecule has 1 aliphatic rings. The Bertz CT molecular complexity index is 76.1. The first-order valence-corrected chi connectivity index (χ1v) is 4.14. The standard InChI is InChI=1S/C9H17/c1-3-9-6-4-5-8(2)7-9/h4,8-9H,3,5-7H2,1-2H3. The van der Waals surface area contributed by atoms with Crippen LogP contribution in [0.15, 0.2) is 0 Å². The Morgan fingerprint density at radius 1 is 1.44 bits per heavy atom. The molecule has 0 amide bonds. The molecule has 0 aromatic carbocycles. The highest BCUT2D eigenvalue weighted by Crippen LogP contribution is 2.29. The lowest BCUT2D eigenvalue weighted by Crippen LogP contribution is -2.12. The molecule has 0 heteroatoms. The van der Waals surface area contributed by atoms with Gasteiger partial charge >= 0.3 is 0 Å². The first-order valence-electron chi connectivity index (χ1n) is 4.14. The average Bonchev–Trinajstić information content (AvgIpc) is 1.88. The molecule has 1 fully saturated rings. The maximum Gasteiger partial charge on any atom is -0.0380 e. The molecule has 1 radical (unpaired) electrons. The molecule has 0 heterocycles. The monoisotopic (exact) mass is 125 g/mol. The minimum atomic E-state index is 0.962. The SMILES string of the molecule is CCC1C[CH]CC(C)C1. The van der Waals surface area contributed by atoms with Gasteiger partial charge in [0.05, 0.1) is 0 Å². The van der Waals surface area contributed by atoms with Crippen molar-refractivity contribution in [3.8, 4) is 0 Å². The Kier molecular flexibility index (Phi) is 2.56. The minimum Gasteiger partial charge on any atom is -0.0651 e. The van der Waals surface area contributed by atoms with Crippen molar-refractivity contribution in [1.82, 2.24) is 0 Å². The predicted octanol–water partition coefficient (Wildman–Crippen LogP) is 3.04. The molecule has 1 rings (SSSR count). The summed E-state index contributed by atoms with van der Waals surface area (Å²) >= 11 is 0. The van der Waals surface area contributed by atoms with E-state index >= 15 is 0 Å². The molecular weight excluding hydrogens is 108 g/mol. The summed E-state index contributed by atoms with van der Waals surface area (Å²) in [6.07, 6.45) is 8.04. The first kappa shape index (κ1) is 7.11. The second-order valence-corrected chi connectivity index (χ2v) is 3.38. The van der Waals surface area contributed by atoms with Gasteiger partial charge in [-0.25, -0.2) is 0 Å². The summed E-state index contributed by atoms with van der Waals surface area (Å²) in [5.74, 6) is 1.97. The molecule has 0 bridgehead atoms. The van der Waals surface area contributed by atoms with Crippen LogP contribution in [-0.2, 0) is 0 Å². The second-order valence-electron chi connectivity index (χ2n) is 3.38. The van der Waals surface area contributed by atoms with Crippen LogP contribution < -0.4 is 0 Å². The van der Waals surface area contributed by atoms with E-state index in [2.05, 4.69) is 20.3 Å². The maximum absolute atomic E-state index is 2.46. The van der Waals surface area contributed by atoms with Crippen molar-refractivity contribution in [3.63, 3.8) is 0 Å². The molecule has 1 saturated carbocycles. The molecule has 0 aromatic rings. The first-order chi connectivity index (χ1) is 4.33. The summed E-state index contributed by atoms with van der Waals surface area (Å²) in [7, 11) is 0. The molecule has 2 atom stereocenters. The molecule has 1 aliphatic carbocycles. The third-order valence-electron chi connectivity index (χ3n) is 2.38. The van der Waals surface area contributed by atoms with Gasteiger partial charge in [-0.3, -0.25) is 0 Å². The van der Waals surface area contributed by atoms with Crippen LogP contribution in [0, 0.1) is 18.3 Å². The van der Waals surface area contributed by atoms with Crippen molar-refractivity contribution in [2.75, 3.05) is 0 Å². The van der Waals surface area contributed by atoms with Gasteiger partial charge in [-0.1, -0.05) is 20.3 Å². The molecule has 0 nitrogen and oxygen atoms in total. The van der Waals surface area contributed by atoms with Crippen molar-refractivity contribution < 1.29 is 0 Å². The minimum absolute atomic E-state index is 0.962. The summed E-state index contributed by atoms with van der Waals surface area (Å²) < 4.78 is 0. The Morgan fingerprint density at radius 2 is 2.22 bits per heavy atom. The summed E-state index contributed by atoms with van der Waals surface area (Å²) in [6, 6.07) is 0. The lowest BCUT2D eigenvalue weighted by Gasteiger charge is -2.24. The molecule has 0 aliphatic heterocycles. The van der Waals surface area contributed by atoms with Crippen LogP contribution in [-0.4, -0.2) is 0 Å². The predicted molar refractivity (Wildman–Crippen MR) is 41.1 cm³/mol. The molecule has 0 spiro atoms. The molecular formula is C9H17. The molecule has 53 valence electrons. The van der Waals surface area contributed by atoms with E-state index < -0.39 is 0 Å². The number of rotatable bonds is 1. The van der Waals surface area contributed by atoms with Crippen LogP contribution >= 0.6 is 0 Å². The van der Waals surface area contributed by atoms with Crippen LogP contribution in [0.1, 0.15) is 39.5 Å². The largest absolute Gasteiger partial charge is 0.0651 e. The lowest BCUT2D eigenvalue weighted by molar-refractivity contribution is 0.324. The fourth-order valence-corrected chi connectivity index (χ4v) is 1.71. The van der Waals surface area contributed by atoms with Crippen LogP contribution in [0.5, 0.6) is 0 Å². The van der Waals surface area contributed by atoms with Gasteiger partial charge in [-0.2, -0.15) is 0 Å². The van der Waals surface area contributed by atoms with Crippen LogP contribution in [0.25, 0.3) is 0 Å². The van der Waals surface area contributed by atoms with E-state index in [1.165, 1.54) is 25.7 Å². The molecule has 0 N–H and O–H groups in total. The van der Waals surface area contributed by atoms with Gasteiger partial charge in [0.25, 0.3) is 0 Å². The van der Waals surface area contributed by atoms with Crippen molar-refractivity contribution in [2.45, 2.75) is 39.5 Å². The zero-order valence-electron chi connectivity index (χ0n) is 6.56. The van der Waals surface area contributed by atoms with Crippen molar-refractivity contribution >= 4 is 0 Å². The third-order valence-corrected chi connectivity index (χ3v) is 2.38. The summed E-state index contributed by atoms with van der Waals surface area (Å²) in [5.41, 5.74) is 0. The summed E-state index contributed by atoms with van der Waals surface area (Å²) in [5, 5.41) is 0. The van der Waals surface area contributed by atoms with Crippen molar-refractivity contribution in [3.05, 3.63) is 6.42 Å². The number of hydrogen-bond donors (Lipinski definition) is 0. The topological polar surface area (TPSA) is 0 Å². The Morgan fingerprint density at radius 3 is 2.67 bits per heavy atom. The zero-order chi connectivity index (χ0) is 6.69. The number of hydrogen-bond acceptors (Lipinski definition) is 0. The Balaban J connectivity index is 2.23. The van der Waals surface area contributed by atoms with Crippen LogP contribution in [0.4, 0.5) is 0 Å². The lowest BCUT2D eigenvalue weighted by atomic mass is 9.81. The van der Waals surface area contributed by atoms with Crippen LogP contribution in [0.2, 0.25) is 0 Å². The maximum atomic E-state index is 2.46. The van der Waals surface area contributed by atoms with E-state index in [4.69, 9.17) is 0 Å². The highest BCUT2D eigenvalue weighted by Gasteiger charge is 2.16. The van der Waals surface area contributed by atoms with Gasteiger partial charge in [-0.05, 0) is 37.5 Å². The highest BCUT2D eigenvalue weighted by molar-refractivity contribution is 4.80. The molecule has 2 unspecified atom stereocenters. The fraction of sp³-hybridized carbons (Fsp3) is 0.889. The summed E-state index contributed by atoms with van der Waals surface area (Å²) in [6.45, 7) is 4.66. The van der Waals surface area contributed by atoms with Gasteiger partial charge in [0.15, 0.2) is 0 Å². The Hall–Kier alpha value is 0. The van der Waals surface area contributed by atoms with Gasteiger partial charge in [0, 0.05) is 0 Å². The van der Waals surface area contributed by atoms with Crippen LogP contribution in [0.3, 0.4) is 0 Å². The average molecular weight is 125 g/mol. The highest BCUT2D eigenvalue weighted by atomic mass is 14.2. The van der Waals surface area contributed by atoms with Crippen molar-refractivity contribution in [2.24, 2.45) is 11.8 Å². The van der Waals surface area contributed by atoms with E-state index in [0.717, 1.165) is 11.8 Å². The molecule has 0 saturated heterocycles. The smallest absolute Gasteiger partial charge is 0.0380 e. The zero-order valence-corrected chi connectivity index (χ0v) is 6.56. The fourth-order valence-electron chi connectivity index (χ4n) is 1.71. The Labute approximate surface area is 58.7 Å². The van der Waals surface area contributed by atoms with E-state index in [9.17, 15) is 0 Å². The molecule has 9 heavy (non-hydrogen) atoms. The van der Waals surface area contributed by atoms with Gasteiger partial charge in [0.1, 0.15) is 0 Å². The van der Waals surface area contributed by atoms with E-state index in [-0.39, 0.29) is 0 Å². The van der Waals surface area contributed by atoms with Gasteiger partial charge in [0.2, 0.25) is 0 Å².